The molecule has 0 fully saturated rings. The van der Waals surface area contributed by atoms with Crippen molar-refractivity contribution in [3.63, 3.8) is 0 Å². The van der Waals surface area contributed by atoms with Crippen molar-refractivity contribution >= 4 is 17.4 Å². The van der Waals surface area contributed by atoms with Crippen LogP contribution in [0.3, 0.4) is 0 Å². The maximum absolute atomic E-state index is 11.7. The Labute approximate surface area is 114 Å². The Hall–Kier alpha value is -1.84. The van der Waals surface area contributed by atoms with Crippen LogP contribution in [-0.2, 0) is 15.0 Å². The molecular weight excluding hydrogens is 242 g/mol. The van der Waals surface area contributed by atoms with Crippen LogP contribution >= 0.6 is 0 Å². The molecule has 0 aromatic heterocycles. The van der Waals surface area contributed by atoms with Crippen LogP contribution in [0.2, 0.25) is 0 Å². The van der Waals surface area contributed by atoms with Crippen molar-refractivity contribution in [2.45, 2.75) is 39.5 Å². The van der Waals surface area contributed by atoms with Gasteiger partial charge in [-0.2, -0.15) is 0 Å². The van der Waals surface area contributed by atoms with Crippen LogP contribution in [0.4, 0.5) is 5.69 Å². The van der Waals surface area contributed by atoms with Gasteiger partial charge >= 0.3 is 0 Å². The molecule has 4 nitrogen and oxygen atoms in total. The first-order valence-electron chi connectivity index (χ1n) is 6.22. The lowest BCUT2D eigenvalue weighted by atomic mass is 9.87. The average Bonchev–Trinajstić information content (AvgIpc) is 2.26. The van der Waals surface area contributed by atoms with E-state index in [2.05, 4.69) is 26.1 Å². The van der Waals surface area contributed by atoms with E-state index in [1.54, 1.807) is 7.11 Å². The Bertz CT molecular complexity index is 487. The molecule has 0 aliphatic heterocycles. The summed E-state index contributed by atoms with van der Waals surface area (Å²) in [5, 5.41) is 2.72. The molecule has 19 heavy (non-hydrogen) atoms. The van der Waals surface area contributed by atoms with E-state index in [4.69, 9.17) is 4.74 Å². The number of nitrogens with one attached hydrogen (secondary N) is 1. The first kappa shape index (κ1) is 15.2. The fourth-order valence-corrected chi connectivity index (χ4v) is 1.69. The molecule has 104 valence electrons. The molecule has 1 N–H and O–H groups in total. The summed E-state index contributed by atoms with van der Waals surface area (Å²) in [6.07, 6.45) is -0.122. The molecule has 1 rings (SSSR count). The van der Waals surface area contributed by atoms with E-state index in [-0.39, 0.29) is 23.5 Å². The Balaban J connectivity index is 3.03. The highest BCUT2D eigenvalue weighted by atomic mass is 16.5. The van der Waals surface area contributed by atoms with Crippen molar-refractivity contribution in [2.75, 3.05) is 12.4 Å². The Morgan fingerprint density at radius 1 is 1.26 bits per heavy atom. The molecule has 0 radical (unpaired) electrons. The van der Waals surface area contributed by atoms with Crippen LogP contribution in [0, 0.1) is 0 Å². The predicted molar refractivity (Wildman–Crippen MR) is 75.6 cm³/mol. The van der Waals surface area contributed by atoms with Gasteiger partial charge in [-0.1, -0.05) is 26.8 Å². The lowest BCUT2D eigenvalue weighted by Crippen LogP contribution is -2.17. The van der Waals surface area contributed by atoms with E-state index in [1.165, 1.54) is 6.92 Å². The quantitative estimate of drug-likeness (QED) is 0.850. The average molecular weight is 263 g/mol. The molecule has 0 heterocycles. The molecule has 1 aromatic carbocycles. The first-order valence-corrected chi connectivity index (χ1v) is 6.22. The molecule has 0 aliphatic carbocycles. The summed E-state index contributed by atoms with van der Waals surface area (Å²) in [5.41, 5.74) is 1.67. The Kier molecular flexibility index (Phi) is 4.70. The van der Waals surface area contributed by atoms with Crippen molar-refractivity contribution in [1.29, 1.82) is 0 Å². The van der Waals surface area contributed by atoms with Crippen molar-refractivity contribution in [3.05, 3.63) is 23.8 Å². The summed E-state index contributed by atoms with van der Waals surface area (Å²) in [4.78, 5) is 22.6. The molecule has 0 aliphatic rings. The van der Waals surface area contributed by atoms with Gasteiger partial charge in [0.2, 0.25) is 5.91 Å². The third-order valence-electron chi connectivity index (χ3n) is 2.75. The van der Waals surface area contributed by atoms with Gasteiger partial charge in [-0.3, -0.25) is 9.59 Å². The number of amides is 1. The minimum absolute atomic E-state index is 0.0215. The van der Waals surface area contributed by atoms with E-state index in [9.17, 15) is 9.59 Å². The maximum atomic E-state index is 11.7. The number of rotatable bonds is 4. The second kappa shape index (κ2) is 5.87. The molecule has 0 unspecified atom stereocenters. The highest BCUT2D eigenvalue weighted by Crippen LogP contribution is 2.31. The van der Waals surface area contributed by atoms with Crippen LogP contribution in [0.5, 0.6) is 5.75 Å². The third kappa shape index (κ3) is 4.39. The number of ketones is 1. The van der Waals surface area contributed by atoms with Crippen molar-refractivity contribution in [1.82, 2.24) is 0 Å². The van der Waals surface area contributed by atoms with Crippen LogP contribution in [0.25, 0.3) is 0 Å². The minimum Gasteiger partial charge on any atom is -0.495 e. The first-order chi connectivity index (χ1) is 8.74. The minimum atomic E-state index is -0.322. The van der Waals surface area contributed by atoms with Gasteiger partial charge in [0.25, 0.3) is 0 Å². The number of hydrogen-bond acceptors (Lipinski definition) is 3. The van der Waals surface area contributed by atoms with Gasteiger partial charge in [0.05, 0.1) is 19.2 Å². The maximum Gasteiger partial charge on any atom is 0.231 e. The van der Waals surface area contributed by atoms with Gasteiger partial charge in [0.15, 0.2) is 0 Å². The van der Waals surface area contributed by atoms with Crippen molar-refractivity contribution < 1.29 is 14.3 Å². The zero-order valence-electron chi connectivity index (χ0n) is 12.2. The zero-order valence-corrected chi connectivity index (χ0v) is 12.2. The largest absolute Gasteiger partial charge is 0.495 e. The lowest BCUT2D eigenvalue weighted by molar-refractivity contribution is -0.124. The summed E-state index contributed by atoms with van der Waals surface area (Å²) < 4.78 is 5.22. The molecule has 4 heteroatoms. The summed E-state index contributed by atoms with van der Waals surface area (Å²) in [6.45, 7) is 7.67. The summed E-state index contributed by atoms with van der Waals surface area (Å²) in [5.74, 6) is 0.102. The summed E-state index contributed by atoms with van der Waals surface area (Å²) in [7, 11) is 1.55. The van der Waals surface area contributed by atoms with Gasteiger partial charge in [0.1, 0.15) is 11.5 Å². The molecule has 1 aromatic rings. The highest BCUT2D eigenvalue weighted by molar-refractivity contribution is 6.04. The summed E-state index contributed by atoms with van der Waals surface area (Å²) >= 11 is 0. The second-order valence-corrected chi connectivity index (χ2v) is 5.59. The number of carbonyl (C=O) groups is 2. The third-order valence-corrected chi connectivity index (χ3v) is 2.75. The van der Waals surface area contributed by atoms with E-state index in [1.807, 2.05) is 18.2 Å². The van der Waals surface area contributed by atoms with Crippen molar-refractivity contribution in [2.24, 2.45) is 0 Å². The fourth-order valence-electron chi connectivity index (χ4n) is 1.69. The molecule has 0 bridgehead atoms. The standard InChI is InChI=1S/C15H21NO3/c1-10(17)8-14(18)16-12-9-11(15(2,3)4)6-7-13(12)19-5/h6-7,9H,8H2,1-5H3,(H,16,18). The predicted octanol–water partition coefficient (Wildman–Crippen LogP) is 2.91. The number of carbonyl (C=O) groups excluding carboxylic acids is 2. The van der Waals surface area contributed by atoms with Gasteiger partial charge in [-0.15, -0.1) is 0 Å². The van der Waals surface area contributed by atoms with E-state index in [0.717, 1.165) is 5.56 Å². The smallest absolute Gasteiger partial charge is 0.231 e. The number of anilines is 1. The number of hydrogen-bond donors (Lipinski definition) is 1. The van der Waals surface area contributed by atoms with Gasteiger partial charge in [-0.25, -0.2) is 0 Å². The monoisotopic (exact) mass is 263 g/mol. The Morgan fingerprint density at radius 3 is 2.37 bits per heavy atom. The van der Waals surface area contributed by atoms with Crippen LogP contribution in [0.1, 0.15) is 39.7 Å². The molecule has 0 spiro atoms. The van der Waals surface area contributed by atoms with Gasteiger partial charge in [-0.05, 0) is 30.0 Å². The number of Topliss-reactive ketones (excluding diaryl/α,β-unsaturated/α-hetero) is 1. The second-order valence-electron chi connectivity index (χ2n) is 5.59. The number of methoxy groups -OCH3 is 1. The Morgan fingerprint density at radius 2 is 1.89 bits per heavy atom. The molecule has 0 atom stereocenters. The van der Waals surface area contributed by atoms with E-state index in [0.29, 0.717) is 11.4 Å². The zero-order chi connectivity index (χ0) is 14.6. The van der Waals surface area contributed by atoms with Crippen LogP contribution in [0.15, 0.2) is 18.2 Å². The molecule has 0 saturated carbocycles. The SMILES string of the molecule is COc1ccc(C(C)(C)C)cc1NC(=O)CC(C)=O. The molecule has 1 amide bonds. The van der Waals surface area contributed by atoms with Gasteiger partial charge < -0.3 is 10.1 Å². The number of benzene rings is 1. The highest BCUT2D eigenvalue weighted by Gasteiger charge is 2.17. The summed E-state index contributed by atoms with van der Waals surface area (Å²) in [6, 6.07) is 5.68. The normalized spacial score (nSPS) is 11.0. The lowest BCUT2D eigenvalue weighted by Gasteiger charge is -2.21. The van der Waals surface area contributed by atoms with E-state index >= 15 is 0 Å². The van der Waals surface area contributed by atoms with Crippen LogP contribution in [-0.4, -0.2) is 18.8 Å². The topological polar surface area (TPSA) is 55.4 Å². The molecule has 0 saturated heterocycles. The fraction of sp³-hybridized carbons (Fsp3) is 0.467. The van der Waals surface area contributed by atoms with E-state index < -0.39 is 0 Å². The van der Waals surface area contributed by atoms with Crippen molar-refractivity contribution in [3.8, 4) is 5.75 Å². The number of ether oxygens (including phenoxy) is 1. The van der Waals surface area contributed by atoms with Crippen LogP contribution < -0.4 is 10.1 Å². The molecular formula is C15H21NO3. The van der Waals surface area contributed by atoms with Gasteiger partial charge in [0, 0.05) is 0 Å².